The van der Waals surface area contributed by atoms with Gasteiger partial charge in [-0.1, -0.05) is 17.8 Å². The van der Waals surface area contributed by atoms with Crippen LogP contribution in [0.25, 0.3) is 0 Å². The van der Waals surface area contributed by atoms with E-state index in [9.17, 15) is 0 Å². The molecule has 0 fully saturated rings. The van der Waals surface area contributed by atoms with Crippen LogP contribution < -0.4 is 10.5 Å². The van der Waals surface area contributed by atoms with E-state index in [4.69, 9.17) is 10.5 Å². The third-order valence-electron chi connectivity index (χ3n) is 2.25. The number of rotatable bonds is 4. The molecule has 0 saturated carbocycles. The molecule has 0 radical (unpaired) electrons. The lowest BCUT2D eigenvalue weighted by atomic mass is 10.2. The van der Waals surface area contributed by atoms with E-state index < -0.39 is 0 Å². The van der Waals surface area contributed by atoms with Crippen molar-refractivity contribution in [2.45, 2.75) is 16.5 Å². The van der Waals surface area contributed by atoms with Gasteiger partial charge in [-0.15, -0.1) is 0 Å². The van der Waals surface area contributed by atoms with Crippen molar-refractivity contribution in [1.82, 2.24) is 9.97 Å². The fraction of sp³-hybridized carbons (Fsp3) is 0.167. The maximum atomic E-state index is 5.71. The van der Waals surface area contributed by atoms with E-state index in [2.05, 4.69) is 9.97 Å². The first-order valence-corrected chi connectivity index (χ1v) is 5.96. The minimum atomic E-state index is 0.493. The number of nitrogens with two attached hydrogens (primary N) is 1. The smallest absolute Gasteiger partial charge is 0.120 e. The van der Waals surface area contributed by atoms with Gasteiger partial charge in [0.15, 0.2) is 0 Å². The Kier molecular flexibility index (Phi) is 3.95. The van der Waals surface area contributed by atoms with E-state index in [1.54, 1.807) is 25.7 Å². The first kappa shape index (κ1) is 11.9. The Labute approximate surface area is 104 Å². The van der Waals surface area contributed by atoms with Crippen LogP contribution in [-0.4, -0.2) is 17.1 Å². The van der Waals surface area contributed by atoms with Crippen molar-refractivity contribution in [3.63, 3.8) is 0 Å². The molecular weight excluding hydrogens is 234 g/mol. The van der Waals surface area contributed by atoms with E-state index in [-0.39, 0.29) is 0 Å². The highest BCUT2D eigenvalue weighted by Gasteiger charge is 2.06. The van der Waals surface area contributed by atoms with E-state index in [1.807, 2.05) is 18.2 Å². The molecule has 0 spiro atoms. The normalized spacial score (nSPS) is 10.2. The molecule has 0 atom stereocenters. The lowest BCUT2D eigenvalue weighted by Gasteiger charge is -2.08. The molecule has 0 unspecified atom stereocenters. The monoisotopic (exact) mass is 247 g/mol. The number of methoxy groups -OCH3 is 1. The summed E-state index contributed by atoms with van der Waals surface area (Å²) in [7, 11) is 1.65. The predicted molar refractivity (Wildman–Crippen MR) is 67.0 cm³/mol. The zero-order chi connectivity index (χ0) is 12.1. The molecule has 1 aromatic carbocycles. The summed E-state index contributed by atoms with van der Waals surface area (Å²) in [5.74, 6) is 0.814. The second-order valence-electron chi connectivity index (χ2n) is 3.32. The summed E-state index contributed by atoms with van der Waals surface area (Å²) in [5, 5.41) is 0.843. The number of benzene rings is 1. The molecule has 17 heavy (non-hydrogen) atoms. The van der Waals surface area contributed by atoms with Crippen LogP contribution in [0.2, 0.25) is 0 Å². The number of aromatic nitrogens is 2. The lowest BCUT2D eigenvalue weighted by molar-refractivity contribution is 0.413. The average Bonchev–Trinajstić information content (AvgIpc) is 2.40. The summed E-state index contributed by atoms with van der Waals surface area (Å²) in [5.41, 5.74) is 6.78. The maximum absolute atomic E-state index is 5.71. The van der Waals surface area contributed by atoms with E-state index in [0.717, 1.165) is 21.2 Å². The minimum absolute atomic E-state index is 0.493. The van der Waals surface area contributed by atoms with E-state index in [1.165, 1.54) is 11.8 Å². The lowest BCUT2D eigenvalue weighted by Crippen LogP contribution is -1.99. The van der Waals surface area contributed by atoms with Crippen molar-refractivity contribution in [2.24, 2.45) is 5.73 Å². The van der Waals surface area contributed by atoms with Crippen molar-refractivity contribution in [3.05, 3.63) is 42.4 Å². The summed E-state index contributed by atoms with van der Waals surface area (Å²) in [6.07, 6.45) is 5.05. The van der Waals surface area contributed by atoms with Crippen molar-refractivity contribution in [3.8, 4) is 5.75 Å². The number of hydrogen-bond acceptors (Lipinski definition) is 5. The van der Waals surface area contributed by atoms with Crippen molar-refractivity contribution in [2.75, 3.05) is 7.11 Å². The third-order valence-corrected chi connectivity index (χ3v) is 3.27. The van der Waals surface area contributed by atoms with Crippen LogP contribution in [0, 0.1) is 0 Å². The molecule has 0 amide bonds. The van der Waals surface area contributed by atoms with E-state index >= 15 is 0 Å². The highest BCUT2D eigenvalue weighted by atomic mass is 32.2. The summed E-state index contributed by atoms with van der Waals surface area (Å²) in [6, 6.07) is 5.84. The van der Waals surface area contributed by atoms with Crippen molar-refractivity contribution >= 4 is 11.8 Å². The Morgan fingerprint density at radius 1 is 1.35 bits per heavy atom. The number of nitrogens with zero attached hydrogens (tertiary/aromatic N) is 2. The highest BCUT2D eigenvalue weighted by molar-refractivity contribution is 7.99. The molecule has 2 rings (SSSR count). The van der Waals surface area contributed by atoms with Gasteiger partial charge in [0.25, 0.3) is 0 Å². The molecule has 0 saturated heterocycles. The summed E-state index contributed by atoms with van der Waals surface area (Å²) in [6.45, 7) is 0.493. The van der Waals surface area contributed by atoms with Gasteiger partial charge in [-0.3, -0.25) is 4.98 Å². The maximum Gasteiger partial charge on any atom is 0.120 e. The molecule has 5 heteroatoms. The highest BCUT2D eigenvalue weighted by Crippen LogP contribution is 2.31. The summed E-state index contributed by atoms with van der Waals surface area (Å²) >= 11 is 1.53. The van der Waals surface area contributed by atoms with Gasteiger partial charge in [0.05, 0.1) is 13.3 Å². The van der Waals surface area contributed by atoms with Crippen molar-refractivity contribution < 1.29 is 4.74 Å². The zero-order valence-corrected chi connectivity index (χ0v) is 10.3. The van der Waals surface area contributed by atoms with Crippen LogP contribution in [0.4, 0.5) is 0 Å². The Balaban J connectivity index is 2.30. The van der Waals surface area contributed by atoms with E-state index in [0.29, 0.717) is 6.54 Å². The van der Waals surface area contributed by atoms with Crippen molar-refractivity contribution in [1.29, 1.82) is 0 Å². The zero-order valence-electron chi connectivity index (χ0n) is 9.46. The Hall–Kier alpha value is -1.59. The fourth-order valence-corrected chi connectivity index (χ4v) is 2.29. The van der Waals surface area contributed by atoms with Gasteiger partial charge in [-0.2, -0.15) is 0 Å². The second kappa shape index (κ2) is 5.65. The Bertz CT molecular complexity index is 490. The summed E-state index contributed by atoms with van der Waals surface area (Å²) < 4.78 is 5.20. The largest absolute Gasteiger partial charge is 0.497 e. The third kappa shape index (κ3) is 2.95. The molecule has 2 N–H and O–H groups in total. The van der Waals surface area contributed by atoms with Gasteiger partial charge < -0.3 is 10.5 Å². The molecule has 1 aromatic heterocycles. The second-order valence-corrected chi connectivity index (χ2v) is 4.39. The minimum Gasteiger partial charge on any atom is -0.497 e. The molecular formula is C12H13N3OS. The molecule has 2 aromatic rings. The van der Waals surface area contributed by atoms with Crippen LogP contribution in [-0.2, 0) is 6.54 Å². The van der Waals surface area contributed by atoms with Crippen LogP contribution in [0.3, 0.4) is 0 Å². The first-order chi connectivity index (χ1) is 8.33. The SMILES string of the molecule is COc1ccc(CN)c(Sc2cnccn2)c1. The van der Waals surface area contributed by atoms with Gasteiger partial charge >= 0.3 is 0 Å². The molecule has 0 aliphatic carbocycles. The van der Waals surface area contributed by atoms with Gasteiger partial charge in [0.1, 0.15) is 10.8 Å². The van der Waals surface area contributed by atoms with Crippen LogP contribution >= 0.6 is 11.8 Å². The molecule has 0 aliphatic rings. The average molecular weight is 247 g/mol. The summed E-state index contributed by atoms with van der Waals surface area (Å²) in [4.78, 5) is 9.31. The molecule has 4 nitrogen and oxygen atoms in total. The first-order valence-electron chi connectivity index (χ1n) is 5.14. The molecule has 1 heterocycles. The number of hydrogen-bond donors (Lipinski definition) is 1. The Morgan fingerprint density at radius 2 is 2.24 bits per heavy atom. The topological polar surface area (TPSA) is 61.0 Å². The molecule has 88 valence electrons. The molecule has 0 aliphatic heterocycles. The van der Waals surface area contributed by atoms with Gasteiger partial charge in [-0.05, 0) is 17.7 Å². The predicted octanol–water partition coefficient (Wildman–Crippen LogP) is 2.10. The van der Waals surface area contributed by atoms with Gasteiger partial charge in [0, 0.05) is 23.8 Å². The quantitative estimate of drug-likeness (QED) is 0.896. The fourth-order valence-electron chi connectivity index (χ4n) is 1.38. The van der Waals surface area contributed by atoms with Crippen LogP contribution in [0.15, 0.2) is 46.7 Å². The Morgan fingerprint density at radius 3 is 2.88 bits per heavy atom. The van der Waals surface area contributed by atoms with Gasteiger partial charge in [-0.25, -0.2) is 4.98 Å². The van der Waals surface area contributed by atoms with Crippen LogP contribution in [0.5, 0.6) is 5.75 Å². The van der Waals surface area contributed by atoms with Crippen LogP contribution in [0.1, 0.15) is 5.56 Å². The van der Waals surface area contributed by atoms with Gasteiger partial charge in [0.2, 0.25) is 0 Å². The standard InChI is InChI=1S/C12H13N3OS/c1-16-10-3-2-9(7-13)11(6-10)17-12-8-14-4-5-15-12/h2-6,8H,7,13H2,1H3. The number of ether oxygens (including phenoxy) is 1. The molecule has 0 bridgehead atoms.